The number of anilines is 1. The Morgan fingerprint density at radius 1 is 1.26 bits per heavy atom. The molecule has 3 nitrogen and oxygen atoms in total. The number of rotatable bonds is 1. The van der Waals surface area contributed by atoms with E-state index in [0.717, 1.165) is 15.7 Å². The van der Waals surface area contributed by atoms with Gasteiger partial charge >= 0.3 is 0 Å². The molecule has 2 aromatic carbocycles. The first-order valence-corrected chi connectivity index (χ1v) is 6.94. The lowest BCUT2D eigenvalue weighted by Crippen LogP contribution is -2.01. The molecule has 0 spiro atoms. The molecule has 0 amide bonds. The van der Waals surface area contributed by atoms with Crippen molar-refractivity contribution in [2.45, 2.75) is 6.92 Å². The molecule has 2 N–H and O–H groups in total. The molecular weight excluding hydrogens is 326 g/mol. The van der Waals surface area contributed by atoms with Crippen LogP contribution in [0.4, 0.5) is 5.95 Å². The third kappa shape index (κ3) is 2.01. The number of nitrogen functional groups attached to an aromatic ring is 1. The van der Waals surface area contributed by atoms with Crippen LogP contribution in [-0.2, 0) is 0 Å². The van der Waals surface area contributed by atoms with Crippen LogP contribution < -0.4 is 5.73 Å². The zero-order valence-corrected chi connectivity index (χ0v) is 12.5. The molecule has 0 unspecified atom stereocenters. The van der Waals surface area contributed by atoms with Crippen molar-refractivity contribution in [3.05, 3.63) is 51.5 Å². The fourth-order valence-electron chi connectivity index (χ4n) is 2.13. The number of fused-ring (bicyclic) bond motifs is 1. The Bertz CT molecular complexity index is 780. The van der Waals surface area contributed by atoms with Gasteiger partial charge in [0.05, 0.1) is 16.2 Å². The van der Waals surface area contributed by atoms with Gasteiger partial charge in [0.1, 0.15) is 5.52 Å². The molecule has 3 aromatic rings. The second kappa shape index (κ2) is 4.54. The number of halogens is 2. The Morgan fingerprint density at radius 3 is 2.79 bits per heavy atom. The summed E-state index contributed by atoms with van der Waals surface area (Å²) in [5, 5.41) is 0.603. The van der Waals surface area contributed by atoms with Gasteiger partial charge in [-0.3, -0.25) is 4.57 Å². The van der Waals surface area contributed by atoms with Gasteiger partial charge in [-0.15, -0.1) is 0 Å². The van der Waals surface area contributed by atoms with Crippen molar-refractivity contribution in [2.24, 2.45) is 0 Å². The number of benzene rings is 2. The molecular formula is C14H11BrClN3. The molecule has 0 aliphatic carbocycles. The van der Waals surface area contributed by atoms with E-state index in [-0.39, 0.29) is 0 Å². The van der Waals surface area contributed by atoms with Gasteiger partial charge in [0.25, 0.3) is 0 Å². The highest BCUT2D eigenvalue weighted by atomic mass is 79.9. The Labute approximate surface area is 124 Å². The highest BCUT2D eigenvalue weighted by Gasteiger charge is 2.14. The molecule has 5 heteroatoms. The van der Waals surface area contributed by atoms with Crippen LogP contribution in [0.5, 0.6) is 0 Å². The number of hydrogen-bond acceptors (Lipinski definition) is 2. The number of nitrogens with zero attached hydrogens (tertiary/aromatic N) is 2. The van der Waals surface area contributed by atoms with E-state index in [2.05, 4.69) is 20.9 Å². The van der Waals surface area contributed by atoms with Gasteiger partial charge in [0, 0.05) is 4.47 Å². The zero-order chi connectivity index (χ0) is 13.6. The molecule has 1 aromatic heterocycles. The summed E-state index contributed by atoms with van der Waals surface area (Å²) in [4.78, 5) is 4.34. The summed E-state index contributed by atoms with van der Waals surface area (Å²) in [7, 11) is 0. The highest BCUT2D eigenvalue weighted by molar-refractivity contribution is 9.10. The maximum Gasteiger partial charge on any atom is 0.206 e. The smallest absolute Gasteiger partial charge is 0.206 e. The molecule has 3 rings (SSSR count). The number of nitrogens with two attached hydrogens (primary N) is 1. The molecule has 0 radical (unpaired) electrons. The van der Waals surface area contributed by atoms with Gasteiger partial charge in [0.2, 0.25) is 5.95 Å². The second-order valence-electron chi connectivity index (χ2n) is 4.37. The topological polar surface area (TPSA) is 43.8 Å². The van der Waals surface area contributed by atoms with E-state index in [1.54, 1.807) is 0 Å². The van der Waals surface area contributed by atoms with E-state index >= 15 is 0 Å². The van der Waals surface area contributed by atoms with Crippen molar-refractivity contribution in [1.29, 1.82) is 0 Å². The second-order valence-corrected chi connectivity index (χ2v) is 5.63. The fraction of sp³-hybridized carbons (Fsp3) is 0.0714. The highest BCUT2D eigenvalue weighted by Crippen LogP contribution is 2.31. The summed E-state index contributed by atoms with van der Waals surface area (Å²) >= 11 is 9.72. The van der Waals surface area contributed by atoms with Crippen LogP contribution in [0.15, 0.2) is 40.9 Å². The van der Waals surface area contributed by atoms with Crippen molar-refractivity contribution in [3.8, 4) is 5.69 Å². The van der Waals surface area contributed by atoms with E-state index in [0.29, 0.717) is 16.5 Å². The van der Waals surface area contributed by atoms with Crippen LogP contribution in [0.1, 0.15) is 5.56 Å². The number of imidazole rings is 1. The molecule has 1 heterocycles. The quantitative estimate of drug-likeness (QED) is 0.718. The summed E-state index contributed by atoms with van der Waals surface area (Å²) in [6, 6.07) is 11.8. The number of para-hydroxylation sites is 1. The molecule has 0 saturated heterocycles. The van der Waals surface area contributed by atoms with E-state index in [1.807, 2.05) is 47.9 Å². The molecule has 0 saturated carbocycles. The molecule has 19 heavy (non-hydrogen) atoms. The van der Waals surface area contributed by atoms with Crippen molar-refractivity contribution in [3.63, 3.8) is 0 Å². The van der Waals surface area contributed by atoms with Gasteiger partial charge in [-0.1, -0.05) is 23.7 Å². The van der Waals surface area contributed by atoms with Gasteiger partial charge in [-0.2, -0.15) is 0 Å². The Hall–Kier alpha value is -1.52. The molecule has 96 valence electrons. The molecule has 0 fully saturated rings. The normalized spacial score (nSPS) is 11.1. The van der Waals surface area contributed by atoms with E-state index < -0.39 is 0 Å². The van der Waals surface area contributed by atoms with E-state index in [4.69, 9.17) is 17.3 Å². The molecule has 0 aliphatic heterocycles. The van der Waals surface area contributed by atoms with Crippen molar-refractivity contribution in [2.75, 3.05) is 5.73 Å². The van der Waals surface area contributed by atoms with Crippen LogP contribution in [0, 0.1) is 6.92 Å². The third-order valence-corrected chi connectivity index (χ3v) is 3.95. The predicted octanol–water partition coefficient (Wildman–Crippen LogP) is 4.33. The average molecular weight is 337 g/mol. The number of aromatic nitrogens is 2. The summed E-state index contributed by atoms with van der Waals surface area (Å²) < 4.78 is 2.86. The maximum absolute atomic E-state index is 6.15. The Morgan fingerprint density at radius 2 is 2.05 bits per heavy atom. The van der Waals surface area contributed by atoms with Gasteiger partial charge in [0.15, 0.2) is 0 Å². The molecule has 0 bridgehead atoms. The maximum atomic E-state index is 6.15. The van der Waals surface area contributed by atoms with Crippen molar-refractivity contribution < 1.29 is 0 Å². The minimum absolute atomic E-state index is 0.424. The first-order valence-electron chi connectivity index (χ1n) is 5.77. The van der Waals surface area contributed by atoms with Crippen molar-refractivity contribution in [1.82, 2.24) is 9.55 Å². The SMILES string of the molecule is Cc1ccc(-n2c(N)nc3c(Cl)cccc32)c(Br)c1. The molecule has 0 atom stereocenters. The summed E-state index contributed by atoms with van der Waals surface area (Å²) in [6.07, 6.45) is 0. The lowest BCUT2D eigenvalue weighted by molar-refractivity contribution is 1.10. The van der Waals surface area contributed by atoms with Crippen LogP contribution in [0.2, 0.25) is 5.02 Å². The lowest BCUT2D eigenvalue weighted by atomic mass is 10.2. The van der Waals surface area contributed by atoms with Crippen LogP contribution in [0.3, 0.4) is 0 Å². The Balaban J connectivity index is 2.36. The van der Waals surface area contributed by atoms with Crippen LogP contribution in [0.25, 0.3) is 16.7 Å². The summed E-state index contributed by atoms with van der Waals surface area (Å²) in [5.74, 6) is 0.424. The average Bonchev–Trinajstić information content (AvgIpc) is 2.68. The first kappa shape index (κ1) is 12.5. The summed E-state index contributed by atoms with van der Waals surface area (Å²) in [5.41, 5.74) is 9.78. The van der Waals surface area contributed by atoms with Crippen LogP contribution in [-0.4, -0.2) is 9.55 Å². The fourth-order valence-corrected chi connectivity index (χ4v) is 3.01. The van der Waals surface area contributed by atoms with E-state index in [9.17, 15) is 0 Å². The minimum atomic E-state index is 0.424. The number of aryl methyl sites for hydroxylation is 1. The van der Waals surface area contributed by atoms with Gasteiger partial charge in [-0.05, 0) is 52.7 Å². The minimum Gasteiger partial charge on any atom is -0.369 e. The standard InChI is InChI=1S/C14H11BrClN3/c1-8-5-6-11(9(15)7-8)19-12-4-2-3-10(16)13(12)18-14(19)17/h2-7H,1H3,(H2,17,18). The third-order valence-electron chi connectivity index (χ3n) is 3.01. The largest absolute Gasteiger partial charge is 0.369 e. The van der Waals surface area contributed by atoms with Crippen molar-refractivity contribution >= 4 is 44.5 Å². The Kier molecular flexibility index (Phi) is 2.99. The number of hydrogen-bond donors (Lipinski definition) is 1. The van der Waals surface area contributed by atoms with Crippen LogP contribution >= 0.6 is 27.5 Å². The summed E-state index contributed by atoms with van der Waals surface area (Å²) in [6.45, 7) is 2.04. The van der Waals surface area contributed by atoms with E-state index in [1.165, 1.54) is 5.56 Å². The molecule has 0 aliphatic rings. The van der Waals surface area contributed by atoms with Gasteiger partial charge in [-0.25, -0.2) is 4.98 Å². The monoisotopic (exact) mass is 335 g/mol. The van der Waals surface area contributed by atoms with Gasteiger partial charge < -0.3 is 5.73 Å². The zero-order valence-electron chi connectivity index (χ0n) is 10.2. The predicted molar refractivity (Wildman–Crippen MR) is 82.9 cm³/mol. The first-order chi connectivity index (χ1) is 9.08. The lowest BCUT2D eigenvalue weighted by Gasteiger charge is -2.09.